The highest BCUT2D eigenvalue weighted by Gasteiger charge is 1.96. The zero-order chi connectivity index (χ0) is 10.2. The van der Waals surface area contributed by atoms with Crippen molar-refractivity contribution in [3.8, 4) is 0 Å². The van der Waals surface area contributed by atoms with Gasteiger partial charge < -0.3 is 15.1 Å². The van der Waals surface area contributed by atoms with Crippen LogP contribution >= 0.6 is 0 Å². The lowest BCUT2D eigenvalue weighted by Crippen LogP contribution is -2.28. The van der Waals surface area contributed by atoms with Gasteiger partial charge >= 0.3 is 0 Å². The fourth-order valence-electron chi connectivity index (χ4n) is 1.31. The Hall–Kier alpha value is -0.800. The Bertz CT molecular complexity index is 245. The second kappa shape index (κ2) is 6.62. The maximum Gasteiger partial charge on any atom is 0.105 e. The van der Waals surface area contributed by atoms with Gasteiger partial charge in [-0.15, -0.1) is 0 Å². The van der Waals surface area contributed by atoms with Crippen molar-refractivity contribution in [2.24, 2.45) is 0 Å². The number of likely N-dealkylation sites (N-methyl/N-ethyl adjacent to an activating group) is 1. The summed E-state index contributed by atoms with van der Waals surface area (Å²) >= 11 is 0. The molecule has 2 N–H and O–H groups in total. The van der Waals surface area contributed by atoms with E-state index in [0.717, 1.165) is 44.1 Å². The van der Waals surface area contributed by atoms with Gasteiger partial charge in [-0.2, -0.15) is 0 Å². The van der Waals surface area contributed by atoms with Crippen LogP contribution in [0.25, 0.3) is 0 Å². The van der Waals surface area contributed by atoms with E-state index in [4.69, 9.17) is 4.42 Å². The highest BCUT2D eigenvalue weighted by Crippen LogP contribution is 2.05. The number of furan rings is 1. The topological polar surface area (TPSA) is 37.2 Å². The van der Waals surface area contributed by atoms with E-state index in [2.05, 4.69) is 17.6 Å². The monoisotopic (exact) mass is 196 g/mol. The molecule has 0 atom stereocenters. The van der Waals surface area contributed by atoms with Gasteiger partial charge in [-0.1, -0.05) is 6.92 Å². The van der Waals surface area contributed by atoms with Crippen LogP contribution in [0, 0.1) is 6.92 Å². The molecule has 0 fully saturated rings. The van der Waals surface area contributed by atoms with E-state index < -0.39 is 0 Å². The molecule has 3 nitrogen and oxygen atoms in total. The summed E-state index contributed by atoms with van der Waals surface area (Å²) in [5.74, 6) is 2.06. The molecule has 0 saturated heterocycles. The maximum absolute atomic E-state index is 5.46. The largest absolute Gasteiger partial charge is 0.466 e. The SMILES string of the molecule is CCNCCNCCc1ccc(C)o1. The number of nitrogens with one attached hydrogen (secondary N) is 2. The minimum atomic E-state index is 0.972. The van der Waals surface area contributed by atoms with Crippen molar-refractivity contribution in [2.75, 3.05) is 26.2 Å². The lowest BCUT2D eigenvalue weighted by molar-refractivity contribution is 0.475. The fraction of sp³-hybridized carbons (Fsp3) is 0.636. The fourth-order valence-corrected chi connectivity index (χ4v) is 1.31. The molecule has 0 radical (unpaired) electrons. The van der Waals surface area contributed by atoms with Crippen molar-refractivity contribution in [3.05, 3.63) is 23.7 Å². The van der Waals surface area contributed by atoms with E-state index in [0.29, 0.717) is 0 Å². The molecule has 0 unspecified atom stereocenters. The molecular weight excluding hydrogens is 176 g/mol. The van der Waals surface area contributed by atoms with Crippen molar-refractivity contribution in [3.63, 3.8) is 0 Å². The summed E-state index contributed by atoms with van der Waals surface area (Å²) in [7, 11) is 0. The third kappa shape index (κ3) is 4.44. The Morgan fingerprint density at radius 1 is 1.14 bits per heavy atom. The van der Waals surface area contributed by atoms with Gasteiger partial charge in [-0.3, -0.25) is 0 Å². The van der Waals surface area contributed by atoms with Gasteiger partial charge in [-0.25, -0.2) is 0 Å². The van der Waals surface area contributed by atoms with E-state index >= 15 is 0 Å². The Balaban J connectivity index is 1.99. The van der Waals surface area contributed by atoms with E-state index in [-0.39, 0.29) is 0 Å². The molecule has 0 saturated carbocycles. The van der Waals surface area contributed by atoms with Crippen molar-refractivity contribution >= 4 is 0 Å². The molecule has 3 heteroatoms. The van der Waals surface area contributed by atoms with Crippen LogP contribution in [0.5, 0.6) is 0 Å². The zero-order valence-corrected chi connectivity index (χ0v) is 9.10. The Labute approximate surface area is 85.9 Å². The van der Waals surface area contributed by atoms with E-state index in [1.54, 1.807) is 0 Å². The third-order valence-electron chi connectivity index (χ3n) is 2.07. The second-order valence-electron chi connectivity index (χ2n) is 3.37. The number of rotatable bonds is 7. The van der Waals surface area contributed by atoms with E-state index in [1.807, 2.05) is 19.1 Å². The lowest BCUT2D eigenvalue weighted by Gasteiger charge is -2.03. The lowest BCUT2D eigenvalue weighted by atomic mass is 10.3. The van der Waals surface area contributed by atoms with Gasteiger partial charge in [0.15, 0.2) is 0 Å². The molecule has 0 aliphatic heterocycles. The first-order valence-electron chi connectivity index (χ1n) is 5.29. The standard InChI is InChI=1S/C11H20N2O/c1-3-12-8-9-13-7-6-11-5-4-10(2)14-11/h4-5,12-13H,3,6-9H2,1-2H3. The average Bonchev–Trinajstić information content (AvgIpc) is 2.58. The quantitative estimate of drug-likeness (QED) is 0.646. The predicted molar refractivity (Wildman–Crippen MR) is 58.6 cm³/mol. The molecule has 0 bridgehead atoms. The normalized spacial score (nSPS) is 10.7. The predicted octanol–water partition coefficient (Wildman–Crippen LogP) is 1.33. The van der Waals surface area contributed by atoms with Crippen LogP contribution in [0.2, 0.25) is 0 Å². The van der Waals surface area contributed by atoms with Crippen molar-refractivity contribution < 1.29 is 4.42 Å². The molecule has 1 aromatic rings. The first kappa shape index (κ1) is 11.3. The van der Waals surface area contributed by atoms with Gasteiger partial charge in [0.05, 0.1) is 0 Å². The Morgan fingerprint density at radius 2 is 1.93 bits per heavy atom. The molecule has 80 valence electrons. The summed E-state index contributed by atoms with van der Waals surface area (Å²) in [4.78, 5) is 0. The van der Waals surface area contributed by atoms with Crippen LogP contribution in [0.15, 0.2) is 16.5 Å². The summed E-state index contributed by atoms with van der Waals surface area (Å²) in [6.45, 7) is 8.17. The molecule has 14 heavy (non-hydrogen) atoms. The van der Waals surface area contributed by atoms with Crippen LogP contribution in [0.1, 0.15) is 18.4 Å². The maximum atomic E-state index is 5.46. The summed E-state index contributed by atoms with van der Waals surface area (Å²) in [6.07, 6.45) is 0.972. The smallest absolute Gasteiger partial charge is 0.105 e. The van der Waals surface area contributed by atoms with Gasteiger partial charge in [0.1, 0.15) is 11.5 Å². The van der Waals surface area contributed by atoms with Crippen LogP contribution in [-0.2, 0) is 6.42 Å². The van der Waals surface area contributed by atoms with Gasteiger partial charge in [-0.05, 0) is 25.6 Å². The molecule has 0 aliphatic carbocycles. The average molecular weight is 196 g/mol. The van der Waals surface area contributed by atoms with E-state index in [9.17, 15) is 0 Å². The minimum Gasteiger partial charge on any atom is -0.466 e. The first-order valence-corrected chi connectivity index (χ1v) is 5.29. The molecule has 0 spiro atoms. The summed E-state index contributed by atoms with van der Waals surface area (Å²) in [6, 6.07) is 4.05. The molecule has 0 aliphatic rings. The van der Waals surface area contributed by atoms with Crippen LogP contribution < -0.4 is 10.6 Å². The molecule has 0 aromatic carbocycles. The van der Waals surface area contributed by atoms with Crippen molar-refractivity contribution in [1.29, 1.82) is 0 Å². The summed E-state index contributed by atoms with van der Waals surface area (Å²) < 4.78 is 5.46. The minimum absolute atomic E-state index is 0.972. The Kier molecular flexibility index (Phi) is 5.33. The van der Waals surface area contributed by atoms with Gasteiger partial charge in [0.2, 0.25) is 0 Å². The molecule has 1 aromatic heterocycles. The van der Waals surface area contributed by atoms with Crippen LogP contribution in [0.4, 0.5) is 0 Å². The highest BCUT2D eigenvalue weighted by molar-refractivity contribution is 5.05. The van der Waals surface area contributed by atoms with Gasteiger partial charge in [0.25, 0.3) is 0 Å². The second-order valence-corrected chi connectivity index (χ2v) is 3.37. The highest BCUT2D eigenvalue weighted by atomic mass is 16.3. The molecule has 1 heterocycles. The van der Waals surface area contributed by atoms with Crippen molar-refractivity contribution in [1.82, 2.24) is 10.6 Å². The van der Waals surface area contributed by atoms with Crippen molar-refractivity contribution in [2.45, 2.75) is 20.3 Å². The third-order valence-corrected chi connectivity index (χ3v) is 2.07. The summed E-state index contributed by atoms with van der Waals surface area (Å²) in [5.41, 5.74) is 0. The number of aryl methyl sites for hydroxylation is 1. The van der Waals surface area contributed by atoms with E-state index in [1.165, 1.54) is 0 Å². The molecular formula is C11H20N2O. The Morgan fingerprint density at radius 3 is 2.57 bits per heavy atom. The zero-order valence-electron chi connectivity index (χ0n) is 9.10. The molecule has 1 rings (SSSR count). The summed E-state index contributed by atoms with van der Waals surface area (Å²) in [5, 5.41) is 6.62. The van der Waals surface area contributed by atoms with Gasteiger partial charge in [0, 0.05) is 26.1 Å². The molecule has 0 amide bonds. The first-order chi connectivity index (χ1) is 6.83. The number of hydrogen-bond acceptors (Lipinski definition) is 3. The van der Waals surface area contributed by atoms with Crippen LogP contribution in [0.3, 0.4) is 0 Å². The van der Waals surface area contributed by atoms with Crippen LogP contribution in [-0.4, -0.2) is 26.2 Å². The number of hydrogen-bond donors (Lipinski definition) is 2.